The van der Waals surface area contributed by atoms with Gasteiger partial charge in [0.1, 0.15) is 11.7 Å². The normalized spacial score (nSPS) is 19.9. The Balaban J connectivity index is 1.52. The third-order valence-electron chi connectivity index (χ3n) is 5.75. The number of nitrogens with zero attached hydrogens (tertiary/aromatic N) is 3. The molecule has 1 saturated heterocycles. The molecule has 4 rings (SSSR count). The summed E-state index contributed by atoms with van der Waals surface area (Å²) >= 11 is 0. The van der Waals surface area contributed by atoms with Crippen molar-refractivity contribution in [2.75, 3.05) is 6.54 Å². The number of rotatable bonds is 5. The van der Waals surface area contributed by atoms with Gasteiger partial charge in [-0.2, -0.15) is 0 Å². The molecule has 0 radical (unpaired) electrons. The number of hydrogen-bond donors (Lipinski definition) is 1. The number of halogens is 1. The molecule has 1 N–H and O–H groups in total. The lowest BCUT2D eigenvalue weighted by Gasteiger charge is -2.37. The Morgan fingerprint density at radius 3 is 2.69 bits per heavy atom. The van der Waals surface area contributed by atoms with Crippen LogP contribution >= 0.6 is 0 Å². The number of carboxylic acids is 1. The fourth-order valence-corrected chi connectivity index (χ4v) is 4.15. The number of carboxylic acid groups (broad SMARTS) is 1. The molecular weight excluding hydrogens is 369 g/mol. The topological polar surface area (TPSA) is 58.4 Å². The lowest BCUT2D eigenvalue weighted by Crippen LogP contribution is -2.46. The highest BCUT2D eigenvalue weighted by molar-refractivity contribution is 5.73. The fraction of sp³-hybridized carbons (Fsp3) is 0.304. The molecule has 1 fully saturated rings. The molecule has 1 aliphatic rings. The van der Waals surface area contributed by atoms with Crippen molar-refractivity contribution in [3.8, 4) is 11.4 Å². The van der Waals surface area contributed by atoms with E-state index in [4.69, 9.17) is 0 Å². The van der Waals surface area contributed by atoms with Gasteiger partial charge in [0.15, 0.2) is 5.82 Å². The zero-order valence-corrected chi connectivity index (χ0v) is 16.3. The van der Waals surface area contributed by atoms with Crippen LogP contribution in [0.1, 0.15) is 29.9 Å². The number of piperidine rings is 1. The van der Waals surface area contributed by atoms with Crippen LogP contribution in [0, 0.1) is 5.82 Å². The quantitative estimate of drug-likeness (QED) is 0.710. The van der Waals surface area contributed by atoms with Crippen molar-refractivity contribution in [3.05, 3.63) is 77.9 Å². The highest BCUT2D eigenvalue weighted by Crippen LogP contribution is 2.34. The van der Waals surface area contributed by atoms with Crippen molar-refractivity contribution >= 4 is 5.97 Å². The molecule has 29 heavy (non-hydrogen) atoms. The molecule has 150 valence electrons. The number of likely N-dealkylation sites (tertiary alicyclic amines) is 1. The van der Waals surface area contributed by atoms with Gasteiger partial charge in [-0.25, -0.2) is 4.39 Å². The Morgan fingerprint density at radius 2 is 2.03 bits per heavy atom. The first kappa shape index (κ1) is 19.3. The largest absolute Gasteiger partial charge is 0.480 e. The van der Waals surface area contributed by atoms with Gasteiger partial charge in [0.2, 0.25) is 0 Å². The summed E-state index contributed by atoms with van der Waals surface area (Å²) in [6.07, 6.45) is 4.78. The lowest BCUT2D eigenvalue weighted by atomic mass is 9.85. The molecule has 2 unspecified atom stereocenters. The molecular formula is C23H24FN3O2. The fourth-order valence-electron chi connectivity index (χ4n) is 4.15. The molecule has 6 heteroatoms. The predicted molar refractivity (Wildman–Crippen MR) is 109 cm³/mol. The maximum atomic E-state index is 14.8. The molecule has 5 nitrogen and oxygen atoms in total. The van der Waals surface area contributed by atoms with Gasteiger partial charge in [-0.1, -0.05) is 30.3 Å². The van der Waals surface area contributed by atoms with E-state index in [0.717, 1.165) is 23.2 Å². The Bertz CT molecular complexity index is 1000. The number of carbonyl (C=O) groups is 1. The molecule has 2 aromatic heterocycles. The van der Waals surface area contributed by atoms with Gasteiger partial charge in [-0.15, -0.1) is 0 Å². The van der Waals surface area contributed by atoms with Crippen LogP contribution in [0.4, 0.5) is 4.39 Å². The summed E-state index contributed by atoms with van der Waals surface area (Å²) in [4.78, 5) is 18.3. The molecule has 1 aliphatic heterocycles. The van der Waals surface area contributed by atoms with E-state index in [1.54, 1.807) is 6.20 Å². The van der Waals surface area contributed by atoms with E-state index < -0.39 is 12.0 Å². The molecule has 0 spiro atoms. The third-order valence-corrected chi connectivity index (χ3v) is 5.75. The highest BCUT2D eigenvalue weighted by Gasteiger charge is 2.34. The van der Waals surface area contributed by atoms with Crippen LogP contribution in [-0.4, -0.2) is 38.1 Å². The first-order valence-electron chi connectivity index (χ1n) is 9.81. The average molecular weight is 393 g/mol. The van der Waals surface area contributed by atoms with E-state index in [1.807, 2.05) is 65.2 Å². The smallest absolute Gasteiger partial charge is 0.320 e. The molecule has 0 amide bonds. The first-order valence-corrected chi connectivity index (χ1v) is 9.81. The zero-order valence-electron chi connectivity index (χ0n) is 16.3. The number of hydrogen-bond acceptors (Lipinski definition) is 3. The summed E-state index contributed by atoms with van der Waals surface area (Å²) < 4.78 is 16.6. The SMILES string of the molecule is Cn1cccc1-c1ncc(C2CCN(Cc3ccccc3)C(C(=O)O)C2)cc1F. The van der Waals surface area contributed by atoms with Crippen LogP contribution in [-0.2, 0) is 18.4 Å². The molecule has 3 heterocycles. The van der Waals surface area contributed by atoms with Crippen LogP contribution in [0.3, 0.4) is 0 Å². The third kappa shape index (κ3) is 4.07. The molecule has 3 aromatic rings. The summed E-state index contributed by atoms with van der Waals surface area (Å²) in [6.45, 7) is 1.25. The molecule has 0 aliphatic carbocycles. The van der Waals surface area contributed by atoms with Gasteiger partial charge in [0.25, 0.3) is 0 Å². The maximum absolute atomic E-state index is 14.8. The van der Waals surface area contributed by atoms with Gasteiger partial charge >= 0.3 is 5.97 Å². The number of pyridine rings is 1. The summed E-state index contributed by atoms with van der Waals surface area (Å²) in [6, 6.07) is 14.5. The van der Waals surface area contributed by atoms with Crippen LogP contribution in [0.15, 0.2) is 60.9 Å². The van der Waals surface area contributed by atoms with E-state index in [9.17, 15) is 14.3 Å². The van der Waals surface area contributed by atoms with Crippen molar-refractivity contribution in [2.24, 2.45) is 7.05 Å². The number of aromatic nitrogens is 2. The minimum absolute atomic E-state index is 0.0208. The Hall–Kier alpha value is -2.99. The lowest BCUT2D eigenvalue weighted by molar-refractivity contribution is -0.145. The average Bonchev–Trinajstić information content (AvgIpc) is 3.14. The van der Waals surface area contributed by atoms with Crippen LogP contribution in [0.2, 0.25) is 0 Å². The maximum Gasteiger partial charge on any atom is 0.320 e. The van der Waals surface area contributed by atoms with Gasteiger partial charge in [0, 0.05) is 26.0 Å². The van der Waals surface area contributed by atoms with Crippen molar-refractivity contribution < 1.29 is 14.3 Å². The standard InChI is InChI=1S/C23H24FN3O2/c1-26-10-5-8-20(26)22-19(24)12-18(14-25-22)17-9-11-27(21(13-17)23(28)29)15-16-6-3-2-4-7-16/h2-8,10,12,14,17,21H,9,11,13,15H2,1H3,(H,28,29). The number of aliphatic carboxylic acids is 1. The molecule has 0 bridgehead atoms. The first-order chi connectivity index (χ1) is 14.0. The van der Waals surface area contributed by atoms with E-state index in [2.05, 4.69) is 4.98 Å². The minimum Gasteiger partial charge on any atom is -0.480 e. The predicted octanol–water partition coefficient (Wildman–Crippen LogP) is 4.06. The number of benzene rings is 1. The summed E-state index contributed by atoms with van der Waals surface area (Å²) in [5, 5.41) is 9.77. The highest BCUT2D eigenvalue weighted by atomic mass is 19.1. The molecule has 0 saturated carbocycles. The second-order valence-corrected chi connectivity index (χ2v) is 7.63. The van der Waals surface area contributed by atoms with E-state index in [0.29, 0.717) is 25.2 Å². The Labute approximate surface area is 169 Å². The van der Waals surface area contributed by atoms with Crippen molar-refractivity contribution in [2.45, 2.75) is 31.3 Å². The van der Waals surface area contributed by atoms with Crippen LogP contribution in [0.25, 0.3) is 11.4 Å². The van der Waals surface area contributed by atoms with Gasteiger partial charge in [0.05, 0.1) is 5.69 Å². The Morgan fingerprint density at radius 1 is 1.24 bits per heavy atom. The van der Waals surface area contributed by atoms with Gasteiger partial charge in [-0.05, 0) is 54.6 Å². The van der Waals surface area contributed by atoms with E-state index in [-0.39, 0.29) is 11.7 Å². The minimum atomic E-state index is -0.834. The molecule has 2 atom stereocenters. The van der Waals surface area contributed by atoms with Crippen molar-refractivity contribution in [1.82, 2.24) is 14.5 Å². The van der Waals surface area contributed by atoms with E-state index >= 15 is 0 Å². The second-order valence-electron chi connectivity index (χ2n) is 7.63. The van der Waals surface area contributed by atoms with E-state index in [1.165, 1.54) is 6.07 Å². The van der Waals surface area contributed by atoms with Gasteiger partial charge in [-0.3, -0.25) is 14.7 Å². The Kier molecular flexibility index (Phi) is 5.45. The van der Waals surface area contributed by atoms with Crippen LogP contribution in [0.5, 0.6) is 0 Å². The second kappa shape index (κ2) is 8.17. The van der Waals surface area contributed by atoms with Crippen molar-refractivity contribution in [1.29, 1.82) is 0 Å². The summed E-state index contributed by atoms with van der Waals surface area (Å²) in [5.74, 6) is -1.23. The summed E-state index contributed by atoms with van der Waals surface area (Å²) in [5.41, 5.74) is 2.90. The molecule has 1 aromatic carbocycles. The van der Waals surface area contributed by atoms with Gasteiger partial charge < -0.3 is 9.67 Å². The van der Waals surface area contributed by atoms with Crippen LogP contribution < -0.4 is 0 Å². The van der Waals surface area contributed by atoms with Crippen molar-refractivity contribution in [3.63, 3.8) is 0 Å². The number of aryl methyl sites for hydroxylation is 1. The summed E-state index contributed by atoms with van der Waals surface area (Å²) in [7, 11) is 1.85. The zero-order chi connectivity index (χ0) is 20.4. The monoisotopic (exact) mass is 393 g/mol.